The Balaban J connectivity index is 0.00000320. The lowest BCUT2D eigenvalue weighted by molar-refractivity contribution is -0.0367. The average Bonchev–Trinajstić information content (AvgIpc) is 3.23. The van der Waals surface area contributed by atoms with E-state index in [2.05, 4.69) is 15.2 Å². The standard InChI is InChI=1S/C22H35FN4O2.HI/c1-24-22(25-14-17-6-7-21(23)18(13-17)15-26(2)3)27-10-8-19(9-11-27)29-16-20-5-4-12-28-20;/h6-7,13,19-20H,4-5,8-12,14-16H2,1-3H3,(H,24,25);1H. The van der Waals surface area contributed by atoms with Gasteiger partial charge in [0.1, 0.15) is 5.82 Å². The molecule has 170 valence electrons. The van der Waals surface area contributed by atoms with Crippen LogP contribution >= 0.6 is 24.0 Å². The summed E-state index contributed by atoms with van der Waals surface area (Å²) in [5.74, 6) is 0.734. The number of nitrogens with zero attached hydrogens (tertiary/aromatic N) is 3. The van der Waals surface area contributed by atoms with E-state index < -0.39 is 0 Å². The molecule has 2 saturated heterocycles. The van der Waals surface area contributed by atoms with E-state index in [-0.39, 0.29) is 35.9 Å². The van der Waals surface area contributed by atoms with Crippen LogP contribution in [0.5, 0.6) is 0 Å². The first-order chi connectivity index (χ1) is 14.0. The van der Waals surface area contributed by atoms with Crippen molar-refractivity contribution >= 4 is 29.9 Å². The molecule has 1 unspecified atom stereocenters. The molecule has 1 aromatic carbocycles. The van der Waals surface area contributed by atoms with E-state index in [1.165, 1.54) is 0 Å². The molecule has 2 aliphatic heterocycles. The van der Waals surface area contributed by atoms with Crippen LogP contribution in [0.2, 0.25) is 0 Å². The molecule has 3 rings (SSSR count). The van der Waals surface area contributed by atoms with E-state index in [9.17, 15) is 4.39 Å². The van der Waals surface area contributed by atoms with Crippen LogP contribution in [0.3, 0.4) is 0 Å². The van der Waals surface area contributed by atoms with E-state index >= 15 is 0 Å². The van der Waals surface area contributed by atoms with Gasteiger partial charge in [0.15, 0.2) is 5.96 Å². The summed E-state index contributed by atoms with van der Waals surface area (Å²) in [5, 5.41) is 3.43. The predicted molar refractivity (Wildman–Crippen MR) is 129 cm³/mol. The van der Waals surface area contributed by atoms with Gasteiger partial charge in [0, 0.05) is 45.4 Å². The Labute approximate surface area is 197 Å². The van der Waals surface area contributed by atoms with Gasteiger partial charge in [-0.25, -0.2) is 4.39 Å². The molecule has 0 amide bonds. The fourth-order valence-electron chi connectivity index (χ4n) is 3.97. The minimum atomic E-state index is -0.156. The third-order valence-corrected chi connectivity index (χ3v) is 5.54. The summed E-state index contributed by atoms with van der Waals surface area (Å²) in [4.78, 5) is 8.68. The van der Waals surface area contributed by atoms with Crippen LogP contribution in [0.25, 0.3) is 0 Å². The number of hydrogen-bond acceptors (Lipinski definition) is 4. The molecule has 2 fully saturated rings. The maximum absolute atomic E-state index is 14.0. The first kappa shape index (κ1) is 25.3. The first-order valence-electron chi connectivity index (χ1n) is 10.7. The molecular weight excluding hydrogens is 498 g/mol. The minimum Gasteiger partial charge on any atom is -0.376 e. The number of guanidine groups is 1. The van der Waals surface area contributed by atoms with E-state index in [0.717, 1.165) is 63.5 Å². The third kappa shape index (κ3) is 7.62. The molecule has 0 bridgehead atoms. The van der Waals surface area contributed by atoms with Gasteiger partial charge in [0.25, 0.3) is 0 Å². The second kappa shape index (κ2) is 12.8. The van der Waals surface area contributed by atoms with E-state index in [4.69, 9.17) is 9.47 Å². The van der Waals surface area contributed by atoms with Crippen molar-refractivity contribution in [2.24, 2.45) is 4.99 Å². The Bertz CT molecular complexity index is 675. The normalized spacial score (nSPS) is 20.5. The van der Waals surface area contributed by atoms with Crippen LogP contribution in [-0.2, 0) is 22.6 Å². The average molecular weight is 534 g/mol. The highest BCUT2D eigenvalue weighted by atomic mass is 127. The highest BCUT2D eigenvalue weighted by Crippen LogP contribution is 2.18. The van der Waals surface area contributed by atoms with Crippen molar-refractivity contribution < 1.29 is 13.9 Å². The maximum Gasteiger partial charge on any atom is 0.193 e. The molecule has 30 heavy (non-hydrogen) atoms. The minimum absolute atomic E-state index is 0. The molecule has 2 heterocycles. The molecule has 0 saturated carbocycles. The SMILES string of the molecule is CN=C(NCc1ccc(F)c(CN(C)C)c1)N1CCC(OCC2CCCO2)CC1.I. The molecule has 6 nitrogen and oxygen atoms in total. The molecule has 2 aliphatic rings. The number of rotatable bonds is 7. The number of benzene rings is 1. The predicted octanol–water partition coefficient (Wildman–Crippen LogP) is 3.24. The third-order valence-electron chi connectivity index (χ3n) is 5.54. The topological polar surface area (TPSA) is 49.3 Å². The second-order valence-electron chi connectivity index (χ2n) is 8.22. The van der Waals surface area contributed by atoms with Gasteiger partial charge in [0.2, 0.25) is 0 Å². The monoisotopic (exact) mass is 534 g/mol. The van der Waals surface area contributed by atoms with Crippen LogP contribution in [0, 0.1) is 5.82 Å². The van der Waals surface area contributed by atoms with Gasteiger partial charge in [0.05, 0.1) is 18.8 Å². The zero-order valence-corrected chi connectivity index (χ0v) is 20.7. The van der Waals surface area contributed by atoms with Gasteiger partial charge in [-0.2, -0.15) is 0 Å². The quantitative estimate of drug-likeness (QED) is 0.331. The largest absolute Gasteiger partial charge is 0.376 e. The van der Waals surface area contributed by atoms with Gasteiger partial charge in [-0.05, 0) is 57.5 Å². The molecule has 0 radical (unpaired) electrons. The second-order valence-corrected chi connectivity index (χ2v) is 8.22. The van der Waals surface area contributed by atoms with Gasteiger partial charge in [-0.15, -0.1) is 24.0 Å². The van der Waals surface area contributed by atoms with Crippen LogP contribution in [0.15, 0.2) is 23.2 Å². The van der Waals surface area contributed by atoms with Crippen LogP contribution in [0.1, 0.15) is 36.8 Å². The molecule has 0 spiro atoms. The fourth-order valence-corrected chi connectivity index (χ4v) is 3.97. The van der Waals surface area contributed by atoms with Crippen molar-refractivity contribution in [3.63, 3.8) is 0 Å². The Hall–Kier alpha value is -0.970. The molecule has 1 atom stereocenters. The number of aliphatic imine (C=N–C) groups is 1. The summed E-state index contributed by atoms with van der Waals surface area (Å²) in [6.45, 7) is 4.66. The Kier molecular flexibility index (Phi) is 10.8. The Morgan fingerprint density at radius 2 is 2.07 bits per heavy atom. The summed E-state index contributed by atoms with van der Waals surface area (Å²) in [5.41, 5.74) is 1.77. The van der Waals surface area contributed by atoms with Gasteiger partial charge >= 0.3 is 0 Å². The van der Waals surface area contributed by atoms with Gasteiger partial charge in [-0.3, -0.25) is 4.99 Å². The molecule has 0 aromatic heterocycles. The van der Waals surface area contributed by atoms with Crippen molar-refractivity contribution in [2.75, 3.05) is 47.4 Å². The van der Waals surface area contributed by atoms with Gasteiger partial charge in [-0.1, -0.05) is 6.07 Å². The van der Waals surface area contributed by atoms with Crippen molar-refractivity contribution in [3.05, 3.63) is 35.1 Å². The summed E-state index contributed by atoms with van der Waals surface area (Å²) in [6, 6.07) is 5.32. The van der Waals surface area contributed by atoms with E-state index in [1.54, 1.807) is 6.07 Å². The molecule has 1 aromatic rings. The van der Waals surface area contributed by atoms with E-state index in [1.807, 2.05) is 38.2 Å². The van der Waals surface area contributed by atoms with Crippen molar-refractivity contribution in [1.29, 1.82) is 0 Å². The number of piperidine rings is 1. The fraction of sp³-hybridized carbons (Fsp3) is 0.682. The highest BCUT2D eigenvalue weighted by molar-refractivity contribution is 14.0. The highest BCUT2D eigenvalue weighted by Gasteiger charge is 2.24. The van der Waals surface area contributed by atoms with Crippen LogP contribution < -0.4 is 5.32 Å². The Morgan fingerprint density at radius 1 is 1.30 bits per heavy atom. The maximum atomic E-state index is 14.0. The van der Waals surface area contributed by atoms with Crippen molar-refractivity contribution in [1.82, 2.24) is 15.1 Å². The van der Waals surface area contributed by atoms with Crippen LogP contribution in [0.4, 0.5) is 4.39 Å². The number of hydrogen-bond donors (Lipinski definition) is 1. The lowest BCUT2D eigenvalue weighted by atomic mass is 10.1. The smallest absolute Gasteiger partial charge is 0.193 e. The number of ether oxygens (including phenoxy) is 2. The van der Waals surface area contributed by atoms with E-state index in [0.29, 0.717) is 24.8 Å². The summed E-state index contributed by atoms with van der Waals surface area (Å²) in [7, 11) is 5.70. The summed E-state index contributed by atoms with van der Waals surface area (Å²) < 4.78 is 25.7. The lowest BCUT2D eigenvalue weighted by Crippen LogP contribution is -2.47. The number of halogens is 2. The molecule has 8 heteroatoms. The number of likely N-dealkylation sites (tertiary alicyclic amines) is 1. The zero-order valence-electron chi connectivity index (χ0n) is 18.4. The van der Waals surface area contributed by atoms with Crippen molar-refractivity contribution in [3.8, 4) is 0 Å². The Morgan fingerprint density at radius 3 is 2.70 bits per heavy atom. The molecule has 1 N–H and O–H groups in total. The van der Waals surface area contributed by atoms with Crippen LogP contribution in [-0.4, -0.2) is 75.4 Å². The summed E-state index contributed by atoms with van der Waals surface area (Å²) >= 11 is 0. The lowest BCUT2D eigenvalue weighted by Gasteiger charge is -2.34. The number of nitrogens with one attached hydrogen (secondary N) is 1. The first-order valence-corrected chi connectivity index (χ1v) is 10.7. The van der Waals surface area contributed by atoms with Gasteiger partial charge < -0.3 is 24.6 Å². The van der Waals surface area contributed by atoms with Crippen molar-refractivity contribution in [2.45, 2.75) is 51.0 Å². The molecule has 0 aliphatic carbocycles. The zero-order chi connectivity index (χ0) is 20.6. The molecular formula is C22H36FIN4O2. The summed E-state index contributed by atoms with van der Waals surface area (Å²) in [6.07, 6.45) is 4.86.